The van der Waals surface area contributed by atoms with Crippen molar-refractivity contribution in [1.82, 2.24) is 9.80 Å². The summed E-state index contributed by atoms with van der Waals surface area (Å²) in [4.78, 5) is 30.2. The second kappa shape index (κ2) is 14.4. The van der Waals surface area contributed by atoms with Gasteiger partial charge in [-0.05, 0) is 61.3 Å². The van der Waals surface area contributed by atoms with Gasteiger partial charge in [-0.25, -0.2) is 4.79 Å². The molecule has 1 aliphatic rings. The van der Waals surface area contributed by atoms with Crippen LogP contribution in [-0.2, 0) is 23.9 Å². The molecule has 47 heavy (non-hydrogen) atoms. The Morgan fingerprint density at radius 1 is 1.04 bits per heavy atom. The van der Waals surface area contributed by atoms with E-state index in [1.54, 1.807) is 30.0 Å². The van der Waals surface area contributed by atoms with Gasteiger partial charge in [-0.15, -0.1) is 0 Å². The van der Waals surface area contributed by atoms with Gasteiger partial charge in [0, 0.05) is 42.2 Å². The lowest BCUT2D eigenvalue weighted by Crippen LogP contribution is -2.47. The van der Waals surface area contributed by atoms with E-state index in [1.807, 2.05) is 61.3 Å². The van der Waals surface area contributed by atoms with Gasteiger partial charge in [-0.3, -0.25) is 9.69 Å². The van der Waals surface area contributed by atoms with E-state index in [-0.39, 0.29) is 24.9 Å². The summed E-state index contributed by atoms with van der Waals surface area (Å²) >= 11 is 0. The van der Waals surface area contributed by atoms with Crippen LogP contribution < -0.4 is 15.4 Å². The number of fused-ring (bicyclic) bond motifs is 2. The molecule has 5 rings (SSSR count). The number of anilines is 2. The Morgan fingerprint density at radius 2 is 1.77 bits per heavy atom. The maximum absolute atomic E-state index is 13.6. The first-order valence-electron chi connectivity index (χ1n) is 15.5. The number of urea groups is 1. The monoisotopic (exact) mass is 648 g/mol. The Balaban J connectivity index is 1.35. The quantitative estimate of drug-likeness (QED) is 0.196. The highest BCUT2D eigenvalue weighted by Crippen LogP contribution is 2.31. The number of hydrogen-bond acceptors (Lipinski definition) is 5. The zero-order valence-electron chi connectivity index (χ0n) is 26.6. The number of alkyl halides is 3. The van der Waals surface area contributed by atoms with Gasteiger partial charge in [0.05, 0.1) is 30.3 Å². The lowest BCUT2D eigenvalue weighted by molar-refractivity contribution is -0.137. The van der Waals surface area contributed by atoms with E-state index in [0.717, 1.165) is 28.5 Å². The van der Waals surface area contributed by atoms with Gasteiger partial charge in [-0.1, -0.05) is 55.5 Å². The first-order valence-corrected chi connectivity index (χ1v) is 15.5. The van der Waals surface area contributed by atoms with Crippen LogP contribution >= 0.6 is 0 Å². The largest absolute Gasteiger partial charge is 0.488 e. The minimum atomic E-state index is -4.40. The minimum Gasteiger partial charge on any atom is -0.488 e. The van der Waals surface area contributed by atoms with Crippen LogP contribution in [0.15, 0.2) is 84.9 Å². The summed E-state index contributed by atoms with van der Waals surface area (Å²) in [6.45, 7) is 4.70. The standard InChI is InChI=1S/C36H39F3N4O4/c1-23-19-43(24(2)22-44)34(45)18-27-17-29(40-35(46)41-31-10-6-8-26-7-4-5-9-30(26)31)15-16-32(27)47-33(23)21-42(3)20-25-11-13-28(14-12-25)36(37,38)39/h4-17,23-24,33,44H,18-22H2,1-3H3,(H2,40,41,46)/t23-,24+,33+/m0/s1. The summed E-state index contributed by atoms with van der Waals surface area (Å²) in [5.74, 6) is 0.161. The van der Waals surface area contributed by atoms with Crippen LogP contribution in [0.1, 0.15) is 30.5 Å². The van der Waals surface area contributed by atoms with Crippen molar-refractivity contribution in [1.29, 1.82) is 0 Å². The molecule has 3 N–H and O–H groups in total. The maximum atomic E-state index is 13.6. The third-order valence-corrected chi connectivity index (χ3v) is 8.44. The lowest BCUT2D eigenvalue weighted by atomic mass is 10.0. The van der Waals surface area contributed by atoms with Crippen molar-refractivity contribution in [2.24, 2.45) is 5.92 Å². The summed E-state index contributed by atoms with van der Waals surface area (Å²) in [6.07, 6.45) is -4.80. The van der Waals surface area contributed by atoms with E-state index < -0.39 is 29.9 Å². The zero-order valence-corrected chi connectivity index (χ0v) is 26.6. The molecule has 0 radical (unpaired) electrons. The second-order valence-electron chi connectivity index (χ2n) is 12.2. The summed E-state index contributed by atoms with van der Waals surface area (Å²) in [6, 6.07) is 22.8. The van der Waals surface area contributed by atoms with Gasteiger partial charge in [0.1, 0.15) is 11.9 Å². The molecule has 0 saturated heterocycles. The van der Waals surface area contributed by atoms with Crippen molar-refractivity contribution in [3.05, 3.63) is 102 Å². The van der Waals surface area contributed by atoms with Crippen molar-refractivity contribution in [3.63, 3.8) is 0 Å². The average molecular weight is 649 g/mol. The molecule has 0 bridgehead atoms. The Morgan fingerprint density at radius 3 is 2.49 bits per heavy atom. The number of aliphatic hydroxyl groups excluding tert-OH is 1. The molecule has 0 saturated carbocycles. The Kier molecular flexibility index (Phi) is 10.4. The van der Waals surface area contributed by atoms with Gasteiger partial charge < -0.3 is 25.4 Å². The number of likely N-dealkylation sites (N-methyl/N-ethyl adjacent to an activating group) is 1. The van der Waals surface area contributed by atoms with E-state index >= 15 is 0 Å². The highest BCUT2D eigenvalue weighted by Gasteiger charge is 2.32. The zero-order chi connectivity index (χ0) is 33.7. The number of carbonyl (C=O) groups is 2. The van der Waals surface area contributed by atoms with Crippen LogP contribution in [0.25, 0.3) is 10.8 Å². The molecule has 0 unspecified atom stereocenters. The van der Waals surface area contributed by atoms with Crippen molar-refractivity contribution in [3.8, 4) is 5.75 Å². The fourth-order valence-electron chi connectivity index (χ4n) is 5.83. The van der Waals surface area contributed by atoms with Gasteiger partial charge in [0.2, 0.25) is 5.91 Å². The van der Waals surface area contributed by atoms with Crippen LogP contribution in [0.3, 0.4) is 0 Å². The summed E-state index contributed by atoms with van der Waals surface area (Å²) in [7, 11) is 1.86. The Hall–Kier alpha value is -4.61. The molecule has 11 heteroatoms. The topological polar surface area (TPSA) is 94.1 Å². The third kappa shape index (κ3) is 8.41. The number of ether oxygens (including phenoxy) is 1. The Bertz CT molecular complexity index is 1710. The first-order chi connectivity index (χ1) is 22.4. The molecular formula is C36H39F3N4O4. The third-order valence-electron chi connectivity index (χ3n) is 8.44. The molecule has 4 aromatic rings. The SMILES string of the molecule is C[C@H](CO)N1C[C@H](C)[C@@H](CN(C)Cc2ccc(C(F)(F)F)cc2)Oc2ccc(NC(=O)Nc3cccc4ccccc34)cc2CC1=O. The summed E-state index contributed by atoms with van der Waals surface area (Å²) < 4.78 is 45.7. The molecule has 0 fully saturated rings. The highest BCUT2D eigenvalue weighted by atomic mass is 19.4. The second-order valence-corrected chi connectivity index (χ2v) is 12.2. The number of aliphatic hydroxyl groups is 1. The van der Waals surface area contributed by atoms with E-state index in [4.69, 9.17) is 4.74 Å². The molecule has 248 valence electrons. The Labute approximate surface area is 272 Å². The van der Waals surface area contributed by atoms with Crippen LogP contribution in [0.4, 0.5) is 29.3 Å². The molecule has 4 aromatic carbocycles. The average Bonchev–Trinajstić information content (AvgIpc) is 3.08. The minimum absolute atomic E-state index is 0.000961. The van der Waals surface area contributed by atoms with E-state index in [2.05, 4.69) is 10.6 Å². The molecule has 0 spiro atoms. The van der Waals surface area contributed by atoms with Crippen LogP contribution in [-0.4, -0.2) is 65.7 Å². The molecule has 3 amide bonds. The van der Waals surface area contributed by atoms with Crippen molar-refractivity contribution >= 4 is 34.1 Å². The normalized spacial score (nSPS) is 17.7. The fraction of sp³-hybridized carbons (Fsp3) is 0.333. The van der Waals surface area contributed by atoms with Crippen LogP contribution in [0.5, 0.6) is 5.75 Å². The fourth-order valence-corrected chi connectivity index (χ4v) is 5.83. The molecule has 8 nitrogen and oxygen atoms in total. The number of benzene rings is 4. The lowest BCUT2D eigenvalue weighted by Gasteiger charge is -2.34. The molecule has 0 aromatic heterocycles. The van der Waals surface area contributed by atoms with Crippen LogP contribution in [0.2, 0.25) is 0 Å². The number of amides is 3. The molecule has 1 aliphatic heterocycles. The predicted octanol–water partition coefficient (Wildman–Crippen LogP) is 6.78. The van der Waals surface area contributed by atoms with E-state index in [0.29, 0.717) is 42.3 Å². The number of carbonyl (C=O) groups excluding carboxylic acids is 2. The number of halogens is 3. The molecule has 0 aliphatic carbocycles. The van der Waals surface area contributed by atoms with Crippen molar-refractivity contribution < 1.29 is 32.6 Å². The molecular weight excluding hydrogens is 609 g/mol. The van der Waals surface area contributed by atoms with Crippen molar-refractivity contribution in [2.45, 2.75) is 45.1 Å². The maximum Gasteiger partial charge on any atom is 0.416 e. The van der Waals surface area contributed by atoms with E-state index in [1.165, 1.54) is 12.1 Å². The number of hydrogen-bond donors (Lipinski definition) is 3. The number of nitrogens with zero attached hydrogens (tertiary/aromatic N) is 2. The van der Waals surface area contributed by atoms with Crippen molar-refractivity contribution in [2.75, 3.05) is 37.4 Å². The molecule has 3 atom stereocenters. The number of rotatable bonds is 8. The van der Waals surface area contributed by atoms with Gasteiger partial charge in [-0.2, -0.15) is 13.2 Å². The van der Waals surface area contributed by atoms with Crippen LogP contribution in [0, 0.1) is 5.92 Å². The first kappa shape index (κ1) is 33.7. The summed E-state index contributed by atoms with van der Waals surface area (Å²) in [5.41, 5.74) is 1.74. The molecule has 1 heterocycles. The van der Waals surface area contributed by atoms with E-state index in [9.17, 15) is 27.9 Å². The number of nitrogens with one attached hydrogen (secondary N) is 2. The van der Waals surface area contributed by atoms with Gasteiger partial charge >= 0.3 is 12.2 Å². The summed E-state index contributed by atoms with van der Waals surface area (Å²) in [5, 5.41) is 17.6. The predicted molar refractivity (Wildman–Crippen MR) is 176 cm³/mol. The smallest absolute Gasteiger partial charge is 0.416 e. The van der Waals surface area contributed by atoms with Gasteiger partial charge in [0.15, 0.2) is 0 Å². The highest BCUT2D eigenvalue weighted by molar-refractivity contribution is 6.06. The van der Waals surface area contributed by atoms with Gasteiger partial charge in [0.25, 0.3) is 0 Å².